The third-order valence-corrected chi connectivity index (χ3v) is 14.9. The van der Waals surface area contributed by atoms with Crippen molar-refractivity contribution in [1.82, 2.24) is 29.6 Å². The molecule has 3 aliphatic heterocycles. The maximum absolute atomic E-state index is 13.4. The van der Waals surface area contributed by atoms with Crippen LogP contribution in [0.2, 0.25) is 20.1 Å². The van der Waals surface area contributed by atoms with Gasteiger partial charge in [0, 0.05) is 73.6 Å². The Morgan fingerprint density at radius 3 is 1.70 bits per heavy atom. The van der Waals surface area contributed by atoms with Gasteiger partial charge in [-0.1, -0.05) is 125 Å². The summed E-state index contributed by atoms with van der Waals surface area (Å²) in [5.41, 5.74) is 14.7. The van der Waals surface area contributed by atoms with E-state index in [2.05, 4.69) is 61.1 Å². The second kappa shape index (κ2) is 20.9. The summed E-state index contributed by atoms with van der Waals surface area (Å²) in [4.78, 5) is 47.0. The molecule has 0 atom stereocenters. The lowest BCUT2D eigenvalue weighted by atomic mass is 9.89. The lowest BCUT2D eigenvalue weighted by Gasteiger charge is -2.33. The van der Waals surface area contributed by atoms with Gasteiger partial charge in [0.1, 0.15) is 12.2 Å². The number of carbonyl (C=O) groups excluding carboxylic acids is 3. The number of fused-ring (bicyclic) bond motifs is 2. The maximum atomic E-state index is 13.4. The van der Waals surface area contributed by atoms with Crippen molar-refractivity contribution in [3.63, 3.8) is 0 Å². The first-order valence-electron chi connectivity index (χ1n) is 23.0. The van der Waals surface area contributed by atoms with E-state index in [1.54, 1.807) is 4.90 Å². The Morgan fingerprint density at radius 2 is 1.13 bits per heavy atom. The summed E-state index contributed by atoms with van der Waals surface area (Å²) in [5.74, 6) is 0.115. The van der Waals surface area contributed by atoms with Crippen molar-refractivity contribution in [2.45, 2.75) is 57.2 Å². The Hall–Kier alpha value is -5.33. The molecule has 346 valence electrons. The average molecular weight is 978 g/mol. The highest BCUT2D eigenvalue weighted by Crippen LogP contribution is 2.41. The minimum Gasteiger partial charge on any atom is -0.368 e. The number of H-pyrrole nitrogens is 1. The van der Waals surface area contributed by atoms with E-state index < -0.39 is 0 Å². The molecule has 3 saturated heterocycles. The van der Waals surface area contributed by atoms with Crippen molar-refractivity contribution >= 4 is 85.9 Å². The van der Waals surface area contributed by atoms with Gasteiger partial charge in [-0.05, 0) is 122 Å². The van der Waals surface area contributed by atoms with E-state index in [0.29, 0.717) is 37.2 Å². The van der Waals surface area contributed by atoms with Gasteiger partial charge in [-0.15, -0.1) is 0 Å². The highest BCUT2D eigenvalue weighted by atomic mass is 35.5. The molecule has 0 bridgehead atoms. The number of aromatic amines is 1. The van der Waals surface area contributed by atoms with Gasteiger partial charge in [-0.2, -0.15) is 0 Å². The molecule has 2 aromatic heterocycles. The summed E-state index contributed by atoms with van der Waals surface area (Å²) in [5, 5.41) is 7.98. The number of aromatic nitrogens is 2. The molecule has 3 fully saturated rings. The van der Waals surface area contributed by atoms with E-state index in [1.807, 2.05) is 78.9 Å². The quantitative estimate of drug-likeness (QED) is 0.126. The Labute approximate surface area is 410 Å². The highest BCUT2D eigenvalue weighted by molar-refractivity contribution is 6.36. The van der Waals surface area contributed by atoms with Gasteiger partial charge >= 0.3 is 0 Å². The minimum atomic E-state index is -0.345. The monoisotopic (exact) mass is 975 g/mol. The summed E-state index contributed by atoms with van der Waals surface area (Å²) in [6.07, 6.45) is 3.93. The summed E-state index contributed by atoms with van der Waals surface area (Å²) < 4.78 is 2.07. The molecular formula is C53H53Cl4N7O3. The standard InChI is InChI=1S/C28H27Cl2N3O.C25H26Cl2N4O2/c29-23-10-6-11-24(30)27(23)19-13-15-32(16-14-19)17-22-21-9-4-5-12-25(21)33(18-26(31)34)28(22)20-7-2-1-3-8-20;26-19-5-3-6-20(27)23(19)16-8-11-30(12-9-16)14-18-17-4-1-2-7-21(17)29-24(18)25(33)31-13-10-28-22(32)15-31/h1-12,19H,13-18H2,(H2,31,34);1-7,16,29H,8-15H2,(H,28,32). The van der Waals surface area contributed by atoms with Gasteiger partial charge in [-0.25, -0.2) is 0 Å². The molecule has 5 heterocycles. The van der Waals surface area contributed by atoms with E-state index in [9.17, 15) is 14.4 Å². The van der Waals surface area contributed by atoms with Crippen molar-refractivity contribution in [3.05, 3.63) is 163 Å². The number of para-hydroxylation sites is 2. The fraction of sp³-hybridized carbons (Fsp3) is 0.302. The number of piperidine rings is 2. The molecule has 67 heavy (non-hydrogen) atoms. The number of piperazine rings is 1. The van der Waals surface area contributed by atoms with Crippen LogP contribution in [0.25, 0.3) is 33.1 Å². The number of nitrogens with zero attached hydrogens (tertiary/aromatic N) is 4. The van der Waals surface area contributed by atoms with Crippen LogP contribution in [-0.2, 0) is 29.2 Å². The number of nitrogens with one attached hydrogen (secondary N) is 2. The fourth-order valence-electron chi connectivity index (χ4n) is 10.3. The fourth-order valence-corrected chi connectivity index (χ4v) is 11.7. The zero-order chi connectivity index (χ0) is 46.6. The Balaban J connectivity index is 0.000000168. The Kier molecular flexibility index (Phi) is 14.6. The van der Waals surface area contributed by atoms with Gasteiger partial charge in [0.25, 0.3) is 5.91 Å². The van der Waals surface area contributed by atoms with Gasteiger partial charge in [-0.3, -0.25) is 24.2 Å². The van der Waals surface area contributed by atoms with Crippen molar-refractivity contribution < 1.29 is 14.4 Å². The number of hydrogen-bond donors (Lipinski definition) is 3. The molecule has 0 radical (unpaired) electrons. The number of amides is 3. The number of hydrogen-bond acceptors (Lipinski definition) is 5. The predicted octanol–water partition coefficient (Wildman–Crippen LogP) is 10.9. The molecule has 5 aromatic carbocycles. The van der Waals surface area contributed by atoms with Crippen molar-refractivity contribution in [2.24, 2.45) is 5.73 Å². The van der Waals surface area contributed by atoms with E-state index >= 15 is 0 Å². The summed E-state index contributed by atoms with van der Waals surface area (Å²) in [6, 6.07) is 38.0. The molecule has 0 aliphatic carbocycles. The van der Waals surface area contributed by atoms with E-state index in [-0.39, 0.29) is 30.8 Å². The SMILES string of the molecule is NC(=O)Cn1c(-c2ccccc2)c(CN2CCC(c3c(Cl)cccc3Cl)CC2)c2ccccc21.O=C1CN(C(=O)c2[nH]c3ccccc3c2CN2CCC(c3c(Cl)cccc3Cl)CC2)CCN1. The third-order valence-electron chi connectivity index (χ3n) is 13.5. The largest absolute Gasteiger partial charge is 0.368 e. The molecule has 4 N–H and O–H groups in total. The van der Waals surface area contributed by atoms with Crippen LogP contribution >= 0.6 is 46.4 Å². The van der Waals surface area contributed by atoms with E-state index in [0.717, 1.165) is 123 Å². The van der Waals surface area contributed by atoms with Crippen LogP contribution in [0.1, 0.15) is 70.3 Å². The molecule has 3 amide bonds. The van der Waals surface area contributed by atoms with Gasteiger partial charge in [0.05, 0.1) is 12.2 Å². The number of carbonyl (C=O) groups is 3. The Morgan fingerprint density at radius 1 is 0.612 bits per heavy atom. The summed E-state index contributed by atoms with van der Waals surface area (Å²) >= 11 is 25.9. The first-order valence-corrected chi connectivity index (χ1v) is 24.5. The first kappa shape index (κ1) is 46.8. The predicted molar refractivity (Wildman–Crippen MR) is 271 cm³/mol. The number of benzene rings is 5. The van der Waals surface area contributed by atoms with Crippen molar-refractivity contribution in [1.29, 1.82) is 0 Å². The van der Waals surface area contributed by atoms with Crippen LogP contribution < -0.4 is 11.1 Å². The summed E-state index contributed by atoms with van der Waals surface area (Å²) in [6.45, 7) is 6.42. The lowest BCUT2D eigenvalue weighted by molar-refractivity contribution is -0.123. The molecule has 3 aliphatic rings. The van der Waals surface area contributed by atoms with Crippen molar-refractivity contribution in [2.75, 3.05) is 45.8 Å². The molecule has 7 aromatic rings. The second-order valence-corrected chi connectivity index (χ2v) is 19.4. The topological polar surface area (TPSA) is 120 Å². The minimum absolute atomic E-state index is 0.0949. The highest BCUT2D eigenvalue weighted by Gasteiger charge is 2.31. The lowest BCUT2D eigenvalue weighted by Crippen LogP contribution is -2.50. The zero-order valence-electron chi connectivity index (χ0n) is 37.1. The number of rotatable bonds is 10. The summed E-state index contributed by atoms with van der Waals surface area (Å²) in [7, 11) is 0. The van der Waals surface area contributed by atoms with E-state index in [4.69, 9.17) is 52.1 Å². The molecule has 14 heteroatoms. The van der Waals surface area contributed by atoms with Crippen LogP contribution in [0.15, 0.2) is 115 Å². The van der Waals surface area contributed by atoms with Crippen LogP contribution in [0.4, 0.5) is 0 Å². The average Bonchev–Trinajstić information content (AvgIpc) is 3.84. The molecule has 10 nitrogen and oxygen atoms in total. The zero-order valence-corrected chi connectivity index (χ0v) is 40.2. The first-order chi connectivity index (χ1) is 32.5. The van der Waals surface area contributed by atoms with Crippen LogP contribution in [0, 0.1) is 0 Å². The van der Waals surface area contributed by atoms with Gasteiger partial charge in [0.2, 0.25) is 11.8 Å². The van der Waals surface area contributed by atoms with Crippen LogP contribution in [0.5, 0.6) is 0 Å². The van der Waals surface area contributed by atoms with Crippen molar-refractivity contribution in [3.8, 4) is 11.3 Å². The van der Waals surface area contributed by atoms with E-state index in [1.165, 1.54) is 10.9 Å². The smallest absolute Gasteiger partial charge is 0.271 e. The molecule has 0 saturated carbocycles. The Bertz CT molecular complexity index is 2880. The number of halogens is 4. The number of likely N-dealkylation sites (tertiary alicyclic amines) is 2. The molecule has 0 spiro atoms. The van der Waals surface area contributed by atoms with Crippen LogP contribution in [0.3, 0.4) is 0 Å². The normalized spacial score (nSPS) is 16.5. The second-order valence-electron chi connectivity index (χ2n) is 17.7. The van der Waals surface area contributed by atoms with Crippen LogP contribution in [-0.4, -0.2) is 87.8 Å². The van der Waals surface area contributed by atoms with Gasteiger partial charge in [0.15, 0.2) is 0 Å². The third kappa shape index (κ3) is 10.3. The number of primary amides is 1. The maximum Gasteiger partial charge on any atom is 0.271 e. The molecule has 0 unspecified atom stereocenters. The molecule has 10 rings (SSSR count). The van der Waals surface area contributed by atoms with Gasteiger partial charge < -0.3 is 25.5 Å². The molecular weight excluding hydrogens is 924 g/mol. The number of nitrogens with two attached hydrogens (primary N) is 1.